The molecule has 0 saturated carbocycles. The van der Waals surface area contributed by atoms with Crippen LogP contribution in [0, 0.1) is 0 Å². The van der Waals surface area contributed by atoms with Crippen molar-refractivity contribution in [2.75, 3.05) is 11.4 Å². The summed E-state index contributed by atoms with van der Waals surface area (Å²) in [5.41, 5.74) is 3.70. The van der Waals surface area contributed by atoms with Crippen molar-refractivity contribution in [1.82, 2.24) is 0 Å². The summed E-state index contributed by atoms with van der Waals surface area (Å²) in [6.07, 6.45) is 9.42. The van der Waals surface area contributed by atoms with Crippen LogP contribution in [-0.4, -0.2) is 6.54 Å². The summed E-state index contributed by atoms with van der Waals surface area (Å²) in [6, 6.07) is 17.2. The third kappa shape index (κ3) is 4.77. The number of hydrogen-bond acceptors (Lipinski definition) is 2. The lowest BCUT2D eigenvalue weighted by Crippen LogP contribution is -2.19. The summed E-state index contributed by atoms with van der Waals surface area (Å²) in [5, 5.41) is 0. The highest BCUT2D eigenvalue weighted by atomic mass is 32.2. The van der Waals surface area contributed by atoms with E-state index in [0.717, 1.165) is 12.1 Å². The number of para-hydroxylation sites is 2. The fourth-order valence-electron chi connectivity index (χ4n) is 2.55. The van der Waals surface area contributed by atoms with Crippen molar-refractivity contribution in [3.63, 3.8) is 0 Å². The van der Waals surface area contributed by atoms with Crippen LogP contribution in [0.15, 0.2) is 107 Å². The van der Waals surface area contributed by atoms with Crippen molar-refractivity contribution in [3.8, 4) is 0 Å². The Labute approximate surface area is 156 Å². The van der Waals surface area contributed by atoms with E-state index in [2.05, 4.69) is 73.5 Å². The molecular weight excluding hydrogens is 322 g/mol. The second-order valence-electron chi connectivity index (χ2n) is 5.38. The first-order chi connectivity index (χ1) is 12.2. The first-order valence-corrected chi connectivity index (χ1v) is 9.28. The lowest BCUT2D eigenvalue weighted by molar-refractivity contribution is 0.979. The van der Waals surface area contributed by atoms with Crippen molar-refractivity contribution in [1.29, 1.82) is 0 Å². The predicted molar refractivity (Wildman–Crippen MR) is 113 cm³/mol. The van der Waals surface area contributed by atoms with E-state index in [4.69, 9.17) is 0 Å². The molecule has 0 bridgehead atoms. The van der Waals surface area contributed by atoms with Gasteiger partial charge in [0.1, 0.15) is 0 Å². The van der Waals surface area contributed by atoms with Crippen molar-refractivity contribution in [2.24, 2.45) is 0 Å². The van der Waals surface area contributed by atoms with Crippen molar-refractivity contribution >= 4 is 23.1 Å². The van der Waals surface area contributed by atoms with Gasteiger partial charge in [0.2, 0.25) is 0 Å². The number of allylic oxidation sites excluding steroid dienone is 6. The zero-order chi connectivity index (χ0) is 18.1. The van der Waals surface area contributed by atoms with E-state index in [1.165, 1.54) is 21.2 Å². The normalized spacial score (nSPS) is 11.7. The Kier molecular flexibility index (Phi) is 7.36. The van der Waals surface area contributed by atoms with Gasteiger partial charge in [0.15, 0.2) is 0 Å². The largest absolute Gasteiger partial charge is 0.340 e. The topological polar surface area (TPSA) is 3.24 Å². The lowest BCUT2D eigenvalue weighted by Gasteiger charge is -2.31. The van der Waals surface area contributed by atoms with Crippen LogP contribution in [-0.2, 0) is 0 Å². The van der Waals surface area contributed by atoms with Crippen LogP contribution in [0.1, 0.15) is 13.8 Å². The molecule has 0 amide bonds. The average Bonchev–Trinajstić information content (AvgIpc) is 2.67. The summed E-state index contributed by atoms with van der Waals surface area (Å²) in [4.78, 5) is 5.08. The SMILES string of the molecule is C=CC(C=C)=C/C=C\C.CCN1c2ccccc2Sc2ccccc21. The lowest BCUT2D eigenvalue weighted by atomic mass is 10.2. The summed E-state index contributed by atoms with van der Waals surface area (Å²) in [7, 11) is 0. The number of hydrogen-bond donors (Lipinski definition) is 0. The highest BCUT2D eigenvalue weighted by molar-refractivity contribution is 7.99. The molecule has 0 aliphatic carbocycles. The van der Waals surface area contributed by atoms with E-state index in [9.17, 15) is 0 Å². The zero-order valence-corrected chi connectivity index (χ0v) is 15.8. The van der Waals surface area contributed by atoms with Crippen LogP contribution in [0.3, 0.4) is 0 Å². The number of nitrogens with zero attached hydrogens (tertiary/aromatic N) is 1. The molecule has 0 spiro atoms. The van der Waals surface area contributed by atoms with E-state index in [-0.39, 0.29) is 0 Å². The highest BCUT2D eigenvalue weighted by Crippen LogP contribution is 2.47. The molecule has 0 fully saturated rings. The number of benzene rings is 2. The first-order valence-electron chi connectivity index (χ1n) is 8.46. The molecule has 0 saturated heterocycles. The second-order valence-corrected chi connectivity index (χ2v) is 6.47. The quantitative estimate of drug-likeness (QED) is 0.539. The van der Waals surface area contributed by atoms with Crippen LogP contribution < -0.4 is 4.90 Å². The van der Waals surface area contributed by atoms with Crippen molar-refractivity contribution in [2.45, 2.75) is 23.6 Å². The number of fused-ring (bicyclic) bond motifs is 2. The van der Waals surface area contributed by atoms with E-state index < -0.39 is 0 Å². The third-order valence-electron chi connectivity index (χ3n) is 3.80. The minimum atomic E-state index is 1.01. The van der Waals surface area contributed by atoms with Gasteiger partial charge in [-0.1, -0.05) is 79.6 Å². The van der Waals surface area contributed by atoms with Crippen molar-refractivity contribution in [3.05, 3.63) is 97.6 Å². The molecule has 0 unspecified atom stereocenters. The smallest absolute Gasteiger partial charge is 0.0552 e. The maximum absolute atomic E-state index is 3.61. The molecule has 2 aromatic carbocycles. The van der Waals surface area contributed by atoms with Crippen molar-refractivity contribution < 1.29 is 0 Å². The van der Waals surface area contributed by atoms with Crippen LogP contribution in [0.25, 0.3) is 0 Å². The van der Waals surface area contributed by atoms with Crippen LogP contribution in [0.4, 0.5) is 11.4 Å². The molecule has 1 nitrogen and oxygen atoms in total. The Bertz CT molecular complexity index is 731. The number of rotatable bonds is 4. The molecular formula is C23H25NS. The molecule has 1 aliphatic rings. The Hall–Kier alpha value is -2.45. The predicted octanol–water partition coefficient (Wildman–Crippen LogP) is 7.17. The summed E-state index contributed by atoms with van der Waals surface area (Å²) in [6.45, 7) is 12.4. The standard InChI is InChI=1S/C14H13NS.C9H12/c1-2-15-11-7-3-5-9-13(11)16-14-10-6-4-8-12(14)15;1-4-7-8-9(5-2)6-3/h3-10H,2H2,1H3;4-8H,2-3H2,1H3/b;7-4-. The molecule has 1 heterocycles. The fourth-order valence-corrected chi connectivity index (χ4v) is 3.64. The molecule has 1 aliphatic heterocycles. The van der Waals surface area contributed by atoms with Gasteiger partial charge >= 0.3 is 0 Å². The average molecular weight is 348 g/mol. The van der Waals surface area contributed by atoms with E-state index in [0.29, 0.717) is 0 Å². The van der Waals surface area contributed by atoms with Gasteiger partial charge in [-0.2, -0.15) is 0 Å². The molecule has 2 aromatic rings. The maximum Gasteiger partial charge on any atom is 0.0552 e. The van der Waals surface area contributed by atoms with E-state index in [1.807, 2.05) is 36.9 Å². The van der Waals surface area contributed by atoms with E-state index >= 15 is 0 Å². The van der Waals surface area contributed by atoms with E-state index in [1.54, 1.807) is 12.2 Å². The van der Waals surface area contributed by atoms with Gasteiger partial charge in [-0.05, 0) is 43.7 Å². The molecule has 0 atom stereocenters. The van der Waals surface area contributed by atoms with Gasteiger partial charge in [-0.15, -0.1) is 0 Å². The Morgan fingerprint density at radius 2 is 1.48 bits per heavy atom. The fraction of sp³-hybridized carbons (Fsp3) is 0.130. The number of anilines is 2. The van der Waals surface area contributed by atoms with Gasteiger partial charge in [-0.3, -0.25) is 0 Å². The Morgan fingerprint density at radius 1 is 0.960 bits per heavy atom. The summed E-state index contributed by atoms with van der Waals surface area (Å²) in [5.74, 6) is 0. The van der Waals surface area contributed by atoms with Gasteiger partial charge in [0, 0.05) is 16.3 Å². The second kappa shape index (κ2) is 9.75. The zero-order valence-electron chi connectivity index (χ0n) is 15.0. The Balaban J connectivity index is 0.000000217. The monoisotopic (exact) mass is 347 g/mol. The minimum absolute atomic E-state index is 1.01. The van der Waals surface area contributed by atoms with Gasteiger partial charge < -0.3 is 4.90 Å². The van der Waals surface area contributed by atoms with Crippen LogP contribution >= 0.6 is 11.8 Å². The molecule has 2 heteroatoms. The third-order valence-corrected chi connectivity index (χ3v) is 4.93. The molecule has 3 rings (SSSR count). The summed E-state index contributed by atoms with van der Waals surface area (Å²) < 4.78 is 0. The van der Waals surface area contributed by atoms with Gasteiger partial charge in [0.25, 0.3) is 0 Å². The molecule has 128 valence electrons. The molecule has 25 heavy (non-hydrogen) atoms. The van der Waals surface area contributed by atoms with Gasteiger partial charge in [0.05, 0.1) is 11.4 Å². The highest BCUT2D eigenvalue weighted by Gasteiger charge is 2.20. The summed E-state index contributed by atoms with van der Waals surface area (Å²) >= 11 is 1.86. The van der Waals surface area contributed by atoms with Crippen LogP contribution in [0.5, 0.6) is 0 Å². The molecule has 0 aromatic heterocycles. The first kappa shape index (κ1) is 18.9. The minimum Gasteiger partial charge on any atom is -0.340 e. The van der Waals surface area contributed by atoms with Crippen LogP contribution in [0.2, 0.25) is 0 Å². The Morgan fingerprint density at radius 3 is 1.92 bits per heavy atom. The molecule has 0 radical (unpaired) electrons. The molecule has 0 N–H and O–H groups in total. The van der Waals surface area contributed by atoms with Gasteiger partial charge in [-0.25, -0.2) is 0 Å². The maximum atomic E-state index is 3.61.